The van der Waals surface area contributed by atoms with E-state index in [9.17, 15) is 13.2 Å². The van der Waals surface area contributed by atoms with Crippen molar-refractivity contribution in [2.45, 2.75) is 63.4 Å². The first-order chi connectivity index (χ1) is 17.0. The SMILES string of the molecule is Cc1cc(C)c(S(=O)(=O)N(C)CCOCC(=O)NC2CCC(C(c3cccs3)N(C)C)CC2)c(C)c1. The Balaban J connectivity index is 1.41. The van der Waals surface area contributed by atoms with E-state index in [2.05, 4.69) is 41.8 Å². The highest BCUT2D eigenvalue weighted by Gasteiger charge is 2.31. The number of sulfonamides is 1. The fourth-order valence-electron chi connectivity index (χ4n) is 5.42. The molecule has 3 rings (SSSR count). The van der Waals surface area contributed by atoms with Gasteiger partial charge in [-0.25, -0.2) is 8.42 Å². The summed E-state index contributed by atoms with van der Waals surface area (Å²) >= 11 is 1.81. The molecule has 1 aromatic carbocycles. The summed E-state index contributed by atoms with van der Waals surface area (Å²) in [6, 6.07) is 8.67. The molecule has 1 heterocycles. The van der Waals surface area contributed by atoms with Crippen LogP contribution in [-0.4, -0.2) is 70.5 Å². The number of nitrogens with zero attached hydrogens (tertiary/aromatic N) is 2. The summed E-state index contributed by atoms with van der Waals surface area (Å²) in [6.45, 7) is 5.87. The van der Waals surface area contributed by atoms with E-state index in [1.54, 1.807) is 7.05 Å². The lowest BCUT2D eigenvalue weighted by Gasteiger charge is -2.37. The van der Waals surface area contributed by atoms with Crippen LogP contribution in [0, 0.1) is 26.7 Å². The van der Waals surface area contributed by atoms with Gasteiger partial charge in [0.2, 0.25) is 15.9 Å². The average Bonchev–Trinajstić information content (AvgIpc) is 3.31. The van der Waals surface area contributed by atoms with Crippen LogP contribution in [0.4, 0.5) is 0 Å². The zero-order valence-corrected chi connectivity index (χ0v) is 24.0. The maximum atomic E-state index is 13.1. The molecule has 36 heavy (non-hydrogen) atoms. The number of rotatable bonds is 11. The fraction of sp³-hybridized carbons (Fsp3) is 0.593. The molecular formula is C27H41N3O4S2. The van der Waals surface area contributed by atoms with E-state index < -0.39 is 10.0 Å². The molecule has 2 aromatic rings. The zero-order chi connectivity index (χ0) is 26.5. The molecule has 7 nitrogen and oxygen atoms in total. The Morgan fingerprint density at radius 1 is 1.11 bits per heavy atom. The van der Waals surface area contributed by atoms with Gasteiger partial charge in [-0.2, -0.15) is 4.31 Å². The summed E-state index contributed by atoms with van der Waals surface area (Å²) in [4.78, 5) is 16.5. The van der Waals surface area contributed by atoms with Crippen LogP contribution in [0.3, 0.4) is 0 Å². The van der Waals surface area contributed by atoms with Crippen LogP contribution in [0.1, 0.15) is 53.3 Å². The van der Waals surface area contributed by atoms with Crippen LogP contribution in [0.5, 0.6) is 0 Å². The van der Waals surface area contributed by atoms with Gasteiger partial charge in [-0.3, -0.25) is 4.79 Å². The van der Waals surface area contributed by atoms with E-state index >= 15 is 0 Å². The average molecular weight is 536 g/mol. The number of hydrogen-bond donors (Lipinski definition) is 1. The van der Waals surface area contributed by atoms with Crippen LogP contribution in [0.2, 0.25) is 0 Å². The van der Waals surface area contributed by atoms with Crippen molar-refractivity contribution in [2.24, 2.45) is 5.92 Å². The number of benzene rings is 1. The maximum Gasteiger partial charge on any atom is 0.246 e. The number of nitrogens with one attached hydrogen (secondary N) is 1. The summed E-state index contributed by atoms with van der Waals surface area (Å²) < 4.78 is 32.9. The van der Waals surface area contributed by atoms with Crippen molar-refractivity contribution in [1.82, 2.24) is 14.5 Å². The number of ether oxygens (including phenoxy) is 1. The lowest BCUT2D eigenvalue weighted by atomic mass is 9.80. The van der Waals surface area contributed by atoms with Gasteiger partial charge in [0.05, 0.1) is 11.5 Å². The van der Waals surface area contributed by atoms with E-state index in [1.165, 1.54) is 9.18 Å². The molecule has 200 valence electrons. The Labute approximate surface area is 220 Å². The number of carbonyl (C=O) groups excluding carboxylic acids is 1. The summed E-state index contributed by atoms with van der Waals surface area (Å²) in [5.41, 5.74) is 2.51. The smallest absolute Gasteiger partial charge is 0.246 e. The Morgan fingerprint density at radius 2 is 1.75 bits per heavy atom. The highest BCUT2D eigenvalue weighted by Crippen LogP contribution is 2.39. The van der Waals surface area contributed by atoms with Gasteiger partial charge in [-0.05, 0) is 89.0 Å². The van der Waals surface area contributed by atoms with Crippen molar-refractivity contribution in [3.05, 3.63) is 51.2 Å². The van der Waals surface area contributed by atoms with E-state index in [4.69, 9.17) is 4.74 Å². The van der Waals surface area contributed by atoms with Crippen LogP contribution in [0.25, 0.3) is 0 Å². The summed E-state index contributed by atoms with van der Waals surface area (Å²) in [6.07, 6.45) is 4.07. The zero-order valence-electron chi connectivity index (χ0n) is 22.4. The van der Waals surface area contributed by atoms with Gasteiger partial charge >= 0.3 is 0 Å². The van der Waals surface area contributed by atoms with Gasteiger partial charge in [0, 0.05) is 30.6 Å². The van der Waals surface area contributed by atoms with Gasteiger partial charge in [-0.15, -0.1) is 11.3 Å². The van der Waals surface area contributed by atoms with Crippen LogP contribution in [-0.2, 0) is 19.6 Å². The third-order valence-electron chi connectivity index (χ3n) is 7.03. The number of amides is 1. The van der Waals surface area contributed by atoms with E-state index in [-0.39, 0.29) is 31.7 Å². The number of hydrogen-bond acceptors (Lipinski definition) is 6. The summed E-state index contributed by atoms with van der Waals surface area (Å²) in [7, 11) is 2.20. The topological polar surface area (TPSA) is 78.9 Å². The van der Waals surface area contributed by atoms with Gasteiger partial charge in [-0.1, -0.05) is 23.8 Å². The molecule has 1 saturated carbocycles. The van der Waals surface area contributed by atoms with Crippen LogP contribution >= 0.6 is 11.3 Å². The predicted octanol–water partition coefficient (Wildman–Crippen LogP) is 4.29. The Morgan fingerprint density at radius 3 is 2.31 bits per heavy atom. The lowest BCUT2D eigenvalue weighted by molar-refractivity contribution is -0.126. The highest BCUT2D eigenvalue weighted by atomic mass is 32.2. The maximum absolute atomic E-state index is 13.1. The highest BCUT2D eigenvalue weighted by molar-refractivity contribution is 7.89. The van der Waals surface area contributed by atoms with Crippen molar-refractivity contribution in [3.8, 4) is 0 Å². The first-order valence-electron chi connectivity index (χ1n) is 12.6. The largest absolute Gasteiger partial charge is 0.370 e. The minimum atomic E-state index is -3.63. The molecule has 1 unspecified atom stereocenters. The Bertz CT molecular complexity index is 1090. The molecule has 0 spiro atoms. The van der Waals surface area contributed by atoms with Gasteiger partial charge < -0.3 is 15.0 Å². The molecule has 1 aliphatic rings. The summed E-state index contributed by atoms with van der Waals surface area (Å²) in [5.74, 6) is 0.443. The monoisotopic (exact) mass is 535 g/mol. The van der Waals surface area contributed by atoms with Gasteiger partial charge in [0.15, 0.2) is 0 Å². The van der Waals surface area contributed by atoms with E-state index in [0.29, 0.717) is 16.9 Å². The van der Waals surface area contributed by atoms with Crippen molar-refractivity contribution in [2.75, 3.05) is 40.9 Å². The van der Waals surface area contributed by atoms with Crippen molar-refractivity contribution < 1.29 is 17.9 Å². The van der Waals surface area contributed by atoms with Gasteiger partial charge in [0.1, 0.15) is 6.61 Å². The number of aryl methyl sites for hydroxylation is 3. The normalized spacial score (nSPS) is 19.6. The van der Waals surface area contributed by atoms with Crippen LogP contribution in [0.15, 0.2) is 34.5 Å². The number of carbonyl (C=O) groups is 1. The molecule has 0 aliphatic heterocycles. The number of likely N-dealkylation sites (N-methyl/N-ethyl adjacent to an activating group) is 1. The van der Waals surface area contributed by atoms with Crippen LogP contribution < -0.4 is 5.32 Å². The molecule has 1 N–H and O–H groups in total. The molecule has 9 heteroatoms. The van der Waals surface area contributed by atoms with E-state index in [0.717, 1.165) is 42.4 Å². The second-order valence-electron chi connectivity index (χ2n) is 10.2. The van der Waals surface area contributed by atoms with Gasteiger partial charge in [0.25, 0.3) is 0 Å². The Hall–Kier alpha value is -1.78. The van der Waals surface area contributed by atoms with Crippen molar-refractivity contribution in [1.29, 1.82) is 0 Å². The van der Waals surface area contributed by atoms with Crippen molar-refractivity contribution >= 4 is 27.3 Å². The quantitative estimate of drug-likeness (QED) is 0.435. The second kappa shape index (κ2) is 12.6. The molecule has 1 aromatic heterocycles. The molecule has 1 aliphatic carbocycles. The lowest BCUT2D eigenvalue weighted by Crippen LogP contribution is -2.41. The third-order valence-corrected chi connectivity index (χ3v) is 10.1. The molecule has 1 atom stereocenters. The minimum Gasteiger partial charge on any atom is -0.370 e. The first kappa shape index (κ1) is 28.8. The molecular weight excluding hydrogens is 494 g/mol. The third kappa shape index (κ3) is 7.16. The molecule has 0 saturated heterocycles. The molecule has 0 radical (unpaired) electrons. The Kier molecular flexibility index (Phi) is 10.1. The first-order valence-corrected chi connectivity index (χ1v) is 14.9. The minimum absolute atomic E-state index is 0.0636. The standard InChI is InChI=1S/C27H41N3O4S2/c1-19-16-20(2)27(21(3)17-19)36(32,33)30(6)13-14-34-18-25(31)28-23-11-9-22(10-12-23)26(29(4)5)24-8-7-15-35-24/h7-8,15-17,22-23,26H,9-14,18H2,1-6H3,(H,28,31). The predicted molar refractivity (Wildman–Crippen MR) is 146 cm³/mol. The molecule has 1 fully saturated rings. The molecule has 1 amide bonds. The second-order valence-corrected chi connectivity index (χ2v) is 13.2. The fourth-order valence-corrected chi connectivity index (χ4v) is 8.00. The van der Waals surface area contributed by atoms with E-state index in [1.807, 2.05) is 44.2 Å². The number of thiophene rings is 1. The van der Waals surface area contributed by atoms with Crippen molar-refractivity contribution in [3.63, 3.8) is 0 Å². The molecule has 0 bridgehead atoms. The summed E-state index contributed by atoms with van der Waals surface area (Å²) in [5, 5.41) is 5.23.